The lowest BCUT2D eigenvalue weighted by molar-refractivity contribution is -0.135. The number of carbonyl (C=O) groups excluding carboxylic acids is 1. The number of anilines is 1. The number of hydrogen-bond acceptors (Lipinski definition) is 6. The summed E-state index contributed by atoms with van der Waals surface area (Å²) >= 11 is 7.25. The zero-order valence-corrected chi connectivity index (χ0v) is 20.4. The second-order valence-corrected chi connectivity index (χ2v) is 12.1. The van der Waals surface area contributed by atoms with Gasteiger partial charge in [0.1, 0.15) is 4.21 Å². The van der Waals surface area contributed by atoms with Crippen LogP contribution in [0.25, 0.3) is 10.1 Å². The molecule has 1 N–H and O–H groups in total. The molecule has 4 heterocycles. The maximum atomic E-state index is 13.1. The van der Waals surface area contributed by atoms with Crippen LogP contribution in [0.5, 0.6) is 0 Å². The second kappa shape index (κ2) is 9.21. The maximum Gasteiger partial charge on any atom is 0.250 e. The molecule has 33 heavy (non-hydrogen) atoms. The molecule has 7 nitrogen and oxygen atoms in total. The molecule has 2 aromatic heterocycles. The number of rotatable bonds is 5. The van der Waals surface area contributed by atoms with E-state index in [9.17, 15) is 13.2 Å². The predicted octanol–water partition coefficient (Wildman–Crippen LogP) is 3.75. The number of nitrogens with one attached hydrogen (secondary N) is 1. The van der Waals surface area contributed by atoms with E-state index in [1.165, 1.54) is 11.3 Å². The van der Waals surface area contributed by atoms with E-state index >= 15 is 0 Å². The molecular weight excluding hydrogens is 480 g/mol. The highest BCUT2D eigenvalue weighted by Crippen LogP contribution is 2.31. The molecule has 2 saturated heterocycles. The summed E-state index contributed by atoms with van der Waals surface area (Å²) in [6.07, 6.45) is 5.80. The third-order valence-electron chi connectivity index (χ3n) is 6.41. The van der Waals surface area contributed by atoms with Crippen molar-refractivity contribution >= 4 is 54.6 Å². The van der Waals surface area contributed by atoms with Gasteiger partial charge in [0, 0.05) is 65.9 Å². The third kappa shape index (κ3) is 4.87. The number of aromatic nitrogens is 1. The summed E-state index contributed by atoms with van der Waals surface area (Å²) in [7, 11) is -3.65. The Labute approximate surface area is 202 Å². The number of sulfonamides is 1. The van der Waals surface area contributed by atoms with Gasteiger partial charge in [-0.25, -0.2) is 13.1 Å². The van der Waals surface area contributed by atoms with E-state index in [1.807, 2.05) is 23.1 Å². The molecule has 0 radical (unpaired) electrons. The lowest BCUT2D eigenvalue weighted by atomic mass is 9.95. The first-order valence-corrected chi connectivity index (χ1v) is 13.7. The number of nitrogens with zero attached hydrogens (tertiary/aromatic N) is 3. The summed E-state index contributed by atoms with van der Waals surface area (Å²) in [5.41, 5.74) is 1.13. The topological polar surface area (TPSA) is 82.6 Å². The summed E-state index contributed by atoms with van der Waals surface area (Å²) in [6.45, 7) is 2.67. The normalized spacial score (nSPS) is 20.0. The molecule has 2 aliphatic heterocycles. The van der Waals surface area contributed by atoms with Gasteiger partial charge in [0.15, 0.2) is 0 Å². The number of pyridine rings is 1. The number of halogens is 1. The molecule has 10 heteroatoms. The molecule has 0 aliphatic carbocycles. The van der Waals surface area contributed by atoms with Crippen LogP contribution in [0.2, 0.25) is 5.02 Å². The highest BCUT2D eigenvalue weighted by Gasteiger charge is 2.34. The molecule has 0 saturated carbocycles. The van der Waals surface area contributed by atoms with E-state index in [0.717, 1.165) is 41.7 Å². The number of likely N-dealkylation sites (tertiary alicyclic amines) is 1. The molecule has 3 aromatic rings. The van der Waals surface area contributed by atoms with Crippen LogP contribution in [0.4, 0.5) is 5.69 Å². The smallest absolute Gasteiger partial charge is 0.250 e. The number of benzene rings is 1. The van der Waals surface area contributed by atoms with Gasteiger partial charge in [-0.3, -0.25) is 9.78 Å². The van der Waals surface area contributed by atoms with E-state index in [4.69, 9.17) is 11.6 Å². The van der Waals surface area contributed by atoms with E-state index < -0.39 is 10.0 Å². The van der Waals surface area contributed by atoms with E-state index in [2.05, 4.69) is 14.6 Å². The van der Waals surface area contributed by atoms with Gasteiger partial charge in [0.2, 0.25) is 15.9 Å². The van der Waals surface area contributed by atoms with Crippen molar-refractivity contribution < 1.29 is 13.2 Å². The summed E-state index contributed by atoms with van der Waals surface area (Å²) in [5, 5.41) is 1.39. The number of carbonyl (C=O) groups is 1. The predicted molar refractivity (Wildman–Crippen MR) is 131 cm³/mol. The first-order chi connectivity index (χ1) is 15.9. The quantitative estimate of drug-likeness (QED) is 0.572. The number of thiophene rings is 1. The van der Waals surface area contributed by atoms with Crippen molar-refractivity contribution in [3.8, 4) is 0 Å². The van der Waals surface area contributed by atoms with Gasteiger partial charge in [0.05, 0.1) is 0 Å². The van der Waals surface area contributed by atoms with Gasteiger partial charge in [-0.1, -0.05) is 11.6 Å². The molecule has 174 valence electrons. The summed E-state index contributed by atoms with van der Waals surface area (Å²) in [5.74, 6) is 0.133. The van der Waals surface area contributed by atoms with Crippen LogP contribution < -0.4 is 9.62 Å². The molecule has 2 aliphatic rings. The second-order valence-electron chi connectivity index (χ2n) is 8.61. The number of amides is 1. The fourth-order valence-electron chi connectivity index (χ4n) is 4.65. The maximum absolute atomic E-state index is 13.1. The Morgan fingerprint density at radius 2 is 1.82 bits per heavy atom. The summed E-state index contributed by atoms with van der Waals surface area (Å²) < 4.78 is 29.8. The van der Waals surface area contributed by atoms with Crippen LogP contribution >= 0.6 is 22.9 Å². The Bertz CT molecular complexity index is 1260. The van der Waals surface area contributed by atoms with Crippen LogP contribution in [-0.2, 0) is 14.8 Å². The molecule has 1 atom stereocenters. The minimum absolute atomic E-state index is 0.00853. The van der Waals surface area contributed by atoms with Crippen molar-refractivity contribution in [2.75, 3.05) is 31.1 Å². The minimum atomic E-state index is -3.65. The van der Waals surface area contributed by atoms with Crippen LogP contribution in [0.1, 0.15) is 19.3 Å². The lowest BCUT2D eigenvalue weighted by Gasteiger charge is -2.34. The standard InChI is InChI=1S/C23H25ClN4O3S2/c24-18-1-2-21-17(13-18)14-22(32-21)33(30,31)26-19-7-12-28(15-19)23(29)16-5-10-27(11-6-16)20-3-8-25-9-4-20/h1-4,8-9,13-14,16,19,26H,5-7,10-12,15H2. The van der Waals surface area contributed by atoms with E-state index in [-0.39, 0.29) is 22.1 Å². The third-order valence-corrected chi connectivity index (χ3v) is 9.76. The molecule has 1 aromatic carbocycles. The molecule has 0 spiro atoms. The van der Waals surface area contributed by atoms with Crippen LogP contribution in [0.15, 0.2) is 53.0 Å². The summed E-state index contributed by atoms with van der Waals surface area (Å²) in [6, 6.07) is 10.7. The molecular formula is C23H25ClN4O3S2. The largest absolute Gasteiger partial charge is 0.371 e. The molecule has 1 unspecified atom stereocenters. The number of hydrogen-bond donors (Lipinski definition) is 1. The van der Waals surface area contributed by atoms with Gasteiger partial charge in [-0.2, -0.15) is 0 Å². The SMILES string of the molecule is O=C(C1CCN(c2ccncc2)CC1)N1CCC(NS(=O)(=O)c2cc3cc(Cl)ccc3s2)C1. The number of fused-ring (bicyclic) bond motifs is 1. The van der Waals surface area contributed by atoms with Gasteiger partial charge in [0.25, 0.3) is 0 Å². The first kappa shape index (κ1) is 22.6. The van der Waals surface area contributed by atoms with Crippen molar-refractivity contribution in [3.63, 3.8) is 0 Å². The molecule has 1 amide bonds. The Hall–Kier alpha value is -2.20. The zero-order chi connectivity index (χ0) is 23.0. The summed E-state index contributed by atoms with van der Waals surface area (Å²) in [4.78, 5) is 21.3. The van der Waals surface area contributed by atoms with Crippen LogP contribution in [-0.4, -0.2) is 56.4 Å². The van der Waals surface area contributed by atoms with Gasteiger partial charge in [-0.15, -0.1) is 11.3 Å². The molecule has 0 bridgehead atoms. The van der Waals surface area contributed by atoms with Crippen LogP contribution in [0, 0.1) is 5.92 Å². The van der Waals surface area contributed by atoms with Crippen molar-refractivity contribution in [2.24, 2.45) is 5.92 Å². The Balaban J connectivity index is 1.17. The Morgan fingerprint density at radius 3 is 2.58 bits per heavy atom. The first-order valence-electron chi connectivity index (χ1n) is 11.0. The molecule has 5 rings (SSSR count). The van der Waals surface area contributed by atoms with E-state index in [1.54, 1.807) is 30.6 Å². The number of piperidine rings is 1. The van der Waals surface area contributed by atoms with Gasteiger partial charge in [-0.05, 0) is 61.0 Å². The average Bonchev–Trinajstić information content (AvgIpc) is 3.46. The molecule has 2 fully saturated rings. The minimum Gasteiger partial charge on any atom is -0.371 e. The fourth-order valence-corrected chi connectivity index (χ4v) is 7.49. The van der Waals surface area contributed by atoms with Gasteiger partial charge < -0.3 is 9.80 Å². The average molecular weight is 505 g/mol. The Morgan fingerprint density at radius 1 is 1.06 bits per heavy atom. The van der Waals surface area contributed by atoms with Crippen molar-refractivity contribution in [3.05, 3.63) is 53.8 Å². The van der Waals surface area contributed by atoms with Crippen molar-refractivity contribution in [1.82, 2.24) is 14.6 Å². The Kier molecular flexibility index (Phi) is 6.30. The fraction of sp³-hybridized carbons (Fsp3) is 0.391. The van der Waals surface area contributed by atoms with Crippen LogP contribution in [0.3, 0.4) is 0 Å². The highest BCUT2D eigenvalue weighted by atomic mass is 35.5. The van der Waals surface area contributed by atoms with Crippen molar-refractivity contribution in [1.29, 1.82) is 0 Å². The monoisotopic (exact) mass is 504 g/mol. The van der Waals surface area contributed by atoms with Crippen molar-refractivity contribution in [2.45, 2.75) is 29.5 Å². The highest BCUT2D eigenvalue weighted by molar-refractivity contribution is 7.91. The van der Waals surface area contributed by atoms with E-state index in [0.29, 0.717) is 24.5 Å². The zero-order valence-electron chi connectivity index (χ0n) is 18.0. The lowest BCUT2D eigenvalue weighted by Crippen LogP contribution is -2.43. The van der Waals surface area contributed by atoms with Gasteiger partial charge >= 0.3 is 0 Å².